The van der Waals surface area contributed by atoms with E-state index in [2.05, 4.69) is 41.5 Å². The number of rotatable bonds is 0. The standard InChI is InChI=1S/C12H19ClOS/c1-11(2,3)8-7-15(14)10(13)9(8)12(4,5)6/h7H,1-6H3. The lowest BCUT2D eigenvalue weighted by molar-refractivity contribution is 0.448. The normalized spacial score (nSPS) is 23.4. The maximum absolute atomic E-state index is 11.7. The van der Waals surface area contributed by atoms with Gasteiger partial charge < -0.3 is 0 Å². The molecule has 0 aliphatic carbocycles. The Kier molecular flexibility index (Phi) is 3.24. The molecule has 86 valence electrons. The smallest absolute Gasteiger partial charge is 0.113 e. The highest BCUT2D eigenvalue weighted by Crippen LogP contribution is 2.47. The van der Waals surface area contributed by atoms with Crippen LogP contribution in [-0.4, -0.2) is 4.21 Å². The summed E-state index contributed by atoms with van der Waals surface area (Å²) in [5, 5.41) is 1.79. The quantitative estimate of drug-likeness (QED) is 0.627. The predicted molar refractivity (Wildman–Crippen MR) is 68.0 cm³/mol. The lowest BCUT2D eigenvalue weighted by Crippen LogP contribution is -2.19. The van der Waals surface area contributed by atoms with Gasteiger partial charge in [0.15, 0.2) is 0 Å². The minimum absolute atomic E-state index is 0.00505. The Hall–Kier alpha value is -0.0800. The molecule has 1 heterocycles. The van der Waals surface area contributed by atoms with Crippen LogP contribution >= 0.6 is 11.6 Å². The molecule has 0 saturated heterocycles. The number of hydrogen-bond donors (Lipinski definition) is 0. The van der Waals surface area contributed by atoms with Crippen molar-refractivity contribution in [1.29, 1.82) is 0 Å². The predicted octanol–water partition coefficient (Wildman–Crippen LogP) is 4.18. The second-order valence-electron chi connectivity index (χ2n) is 5.98. The Morgan fingerprint density at radius 3 is 1.80 bits per heavy atom. The molecule has 0 saturated carbocycles. The van der Waals surface area contributed by atoms with Crippen molar-refractivity contribution in [1.82, 2.24) is 0 Å². The van der Waals surface area contributed by atoms with E-state index in [1.807, 2.05) is 0 Å². The molecule has 0 spiro atoms. The molecular weight excluding hydrogens is 228 g/mol. The van der Waals surface area contributed by atoms with Gasteiger partial charge in [0.05, 0.1) is 10.8 Å². The third-order valence-corrected chi connectivity index (χ3v) is 4.08. The van der Waals surface area contributed by atoms with Gasteiger partial charge in [0.2, 0.25) is 0 Å². The zero-order valence-electron chi connectivity index (χ0n) is 10.3. The van der Waals surface area contributed by atoms with Gasteiger partial charge in [-0.2, -0.15) is 0 Å². The van der Waals surface area contributed by atoms with Crippen LogP contribution in [0.5, 0.6) is 0 Å². The van der Waals surface area contributed by atoms with Crippen molar-refractivity contribution in [3.05, 3.63) is 20.9 Å². The first-order valence-electron chi connectivity index (χ1n) is 5.08. The van der Waals surface area contributed by atoms with Crippen LogP contribution in [0.15, 0.2) is 20.9 Å². The fraction of sp³-hybridized carbons (Fsp3) is 0.667. The molecule has 3 heteroatoms. The van der Waals surface area contributed by atoms with Crippen LogP contribution in [0.1, 0.15) is 41.5 Å². The van der Waals surface area contributed by atoms with E-state index in [0.717, 1.165) is 11.1 Å². The summed E-state index contributed by atoms with van der Waals surface area (Å²) in [5.41, 5.74) is 2.12. The van der Waals surface area contributed by atoms with E-state index in [4.69, 9.17) is 11.6 Å². The lowest BCUT2D eigenvalue weighted by Gasteiger charge is -2.30. The van der Waals surface area contributed by atoms with E-state index in [0.29, 0.717) is 4.36 Å². The number of halogens is 1. The molecule has 0 radical (unpaired) electrons. The summed E-state index contributed by atoms with van der Waals surface area (Å²) >= 11 is 6.14. The molecule has 0 aromatic carbocycles. The minimum Gasteiger partial charge on any atom is -0.249 e. The van der Waals surface area contributed by atoms with Crippen LogP contribution in [0, 0.1) is 10.8 Å². The van der Waals surface area contributed by atoms with Crippen molar-refractivity contribution in [2.45, 2.75) is 41.5 Å². The first-order valence-corrected chi connectivity index (χ1v) is 6.68. The largest absolute Gasteiger partial charge is 0.249 e. The molecule has 1 unspecified atom stereocenters. The Balaban J connectivity index is 3.34. The van der Waals surface area contributed by atoms with E-state index in [1.165, 1.54) is 0 Å². The van der Waals surface area contributed by atoms with E-state index in [9.17, 15) is 4.21 Å². The Labute approximate surface area is 100 Å². The van der Waals surface area contributed by atoms with Gasteiger partial charge in [-0.25, -0.2) is 4.21 Å². The van der Waals surface area contributed by atoms with Crippen LogP contribution in [0.25, 0.3) is 0 Å². The van der Waals surface area contributed by atoms with Gasteiger partial charge in [0.25, 0.3) is 0 Å². The second kappa shape index (κ2) is 3.74. The highest BCUT2D eigenvalue weighted by atomic mass is 35.5. The van der Waals surface area contributed by atoms with Gasteiger partial charge in [0.1, 0.15) is 4.36 Å². The van der Waals surface area contributed by atoms with E-state index in [-0.39, 0.29) is 10.8 Å². The summed E-state index contributed by atoms with van der Waals surface area (Å²) in [6, 6.07) is 0. The lowest BCUT2D eigenvalue weighted by atomic mass is 9.74. The Morgan fingerprint density at radius 2 is 1.53 bits per heavy atom. The molecule has 1 aliphatic heterocycles. The van der Waals surface area contributed by atoms with Crippen LogP contribution in [0.3, 0.4) is 0 Å². The molecule has 0 fully saturated rings. The third kappa shape index (κ3) is 2.54. The van der Waals surface area contributed by atoms with Crippen molar-refractivity contribution in [2.75, 3.05) is 0 Å². The van der Waals surface area contributed by atoms with Gasteiger partial charge >= 0.3 is 0 Å². The average Bonchev–Trinajstić information content (AvgIpc) is 2.25. The summed E-state index contributed by atoms with van der Waals surface area (Å²) in [6.07, 6.45) is 0. The van der Waals surface area contributed by atoms with Crippen LogP contribution in [-0.2, 0) is 10.8 Å². The Morgan fingerprint density at radius 1 is 1.07 bits per heavy atom. The highest BCUT2D eigenvalue weighted by Gasteiger charge is 2.36. The van der Waals surface area contributed by atoms with Gasteiger partial charge in [-0.15, -0.1) is 0 Å². The number of hydrogen-bond acceptors (Lipinski definition) is 1. The SMILES string of the molecule is CC(C)(C)C1=CS(=O)C(Cl)=C1C(C)(C)C. The Bertz CT molecular complexity index is 364. The maximum atomic E-state index is 11.7. The molecule has 0 amide bonds. The molecule has 15 heavy (non-hydrogen) atoms. The minimum atomic E-state index is -1.14. The summed E-state index contributed by atoms with van der Waals surface area (Å²) in [7, 11) is -1.14. The molecule has 0 bridgehead atoms. The van der Waals surface area contributed by atoms with Gasteiger partial charge in [-0.3, -0.25) is 0 Å². The molecule has 0 N–H and O–H groups in total. The van der Waals surface area contributed by atoms with E-state index >= 15 is 0 Å². The van der Waals surface area contributed by atoms with Crippen LogP contribution in [0.2, 0.25) is 0 Å². The van der Waals surface area contributed by atoms with Crippen LogP contribution < -0.4 is 0 Å². The maximum Gasteiger partial charge on any atom is 0.113 e. The van der Waals surface area contributed by atoms with Gasteiger partial charge in [-0.1, -0.05) is 53.1 Å². The zero-order chi connectivity index (χ0) is 12.0. The topological polar surface area (TPSA) is 17.1 Å². The first kappa shape index (κ1) is 13.0. The highest BCUT2D eigenvalue weighted by molar-refractivity contribution is 7.93. The summed E-state index contributed by atoms with van der Waals surface area (Å²) in [6.45, 7) is 12.7. The fourth-order valence-electron chi connectivity index (χ4n) is 1.67. The zero-order valence-corrected chi connectivity index (χ0v) is 11.8. The van der Waals surface area contributed by atoms with E-state index < -0.39 is 10.8 Å². The van der Waals surface area contributed by atoms with Crippen molar-refractivity contribution in [2.24, 2.45) is 10.8 Å². The van der Waals surface area contributed by atoms with Crippen molar-refractivity contribution >= 4 is 22.4 Å². The van der Waals surface area contributed by atoms with E-state index in [1.54, 1.807) is 5.41 Å². The molecule has 0 aromatic heterocycles. The summed E-state index contributed by atoms with van der Waals surface area (Å²) in [4.78, 5) is 0. The van der Waals surface area contributed by atoms with Gasteiger partial charge in [0, 0.05) is 5.41 Å². The van der Waals surface area contributed by atoms with Gasteiger partial charge in [-0.05, 0) is 22.0 Å². The fourth-order valence-corrected chi connectivity index (χ4v) is 3.60. The van der Waals surface area contributed by atoms with Crippen molar-refractivity contribution in [3.63, 3.8) is 0 Å². The van der Waals surface area contributed by atoms with Crippen molar-refractivity contribution in [3.8, 4) is 0 Å². The summed E-state index contributed by atoms with van der Waals surface area (Å²) < 4.78 is 12.2. The van der Waals surface area contributed by atoms with Crippen LogP contribution in [0.4, 0.5) is 0 Å². The molecular formula is C12H19ClOS. The molecule has 1 nitrogen and oxygen atoms in total. The number of allylic oxidation sites excluding steroid dienone is 2. The monoisotopic (exact) mass is 246 g/mol. The summed E-state index contributed by atoms with van der Waals surface area (Å²) in [5.74, 6) is 0. The molecule has 1 aliphatic rings. The molecule has 1 atom stereocenters. The molecule has 1 rings (SSSR count). The molecule has 0 aromatic rings. The third-order valence-electron chi connectivity index (χ3n) is 2.43. The van der Waals surface area contributed by atoms with Crippen molar-refractivity contribution < 1.29 is 4.21 Å². The second-order valence-corrected chi connectivity index (χ2v) is 7.82. The first-order chi connectivity index (χ1) is 6.55. The average molecular weight is 247 g/mol.